The van der Waals surface area contributed by atoms with E-state index in [1.54, 1.807) is 17.0 Å². The van der Waals surface area contributed by atoms with Crippen molar-refractivity contribution in [3.05, 3.63) is 75.6 Å². The molecule has 3 aromatic rings. The molecule has 1 unspecified atom stereocenters. The zero-order valence-corrected chi connectivity index (χ0v) is 17.3. The van der Waals surface area contributed by atoms with Gasteiger partial charge < -0.3 is 9.80 Å². The molecular weight excluding hydrogens is 422 g/mol. The lowest BCUT2D eigenvalue weighted by Gasteiger charge is -2.37. The van der Waals surface area contributed by atoms with Gasteiger partial charge >= 0.3 is 0 Å². The van der Waals surface area contributed by atoms with E-state index in [9.17, 15) is 14.9 Å². The minimum absolute atomic E-state index is 0.0390. The zero-order chi connectivity index (χ0) is 21.8. The maximum atomic E-state index is 13.3. The van der Waals surface area contributed by atoms with E-state index in [1.807, 2.05) is 35.2 Å². The Kier molecular flexibility index (Phi) is 6.08. The number of aromatic nitrogens is 4. The van der Waals surface area contributed by atoms with Crippen molar-refractivity contribution in [2.24, 2.45) is 0 Å². The molecule has 1 amide bonds. The molecule has 1 saturated heterocycles. The van der Waals surface area contributed by atoms with Crippen molar-refractivity contribution in [2.75, 3.05) is 31.1 Å². The largest absolute Gasteiger partial charge is 0.362 e. The first-order valence-corrected chi connectivity index (χ1v) is 10.1. The highest BCUT2D eigenvalue weighted by atomic mass is 35.5. The molecule has 4 rings (SSSR count). The number of tetrazole rings is 1. The fraction of sp³-hybridized carbons (Fsp3) is 0.300. The molecular formula is C20H20ClN7O3. The molecule has 0 saturated carbocycles. The van der Waals surface area contributed by atoms with Crippen LogP contribution in [0.2, 0.25) is 5.02 Å². The molecule has 1 fully saturated rings. The monoisotopic (exact) mass is 441 g/mol. The van der Waals surface area contributed by atoms with Gasteiger partial charge in [-0.3, -0.25) is 14.9 Å². The lowest BCUT2D eigenvalue weighted by atomic mass is 10.0. The first-order valence-electron chi connectivity index (χ1n) is 9.77. The third-order valence-corrected chi connectivity index (χ3v) is 5.54. The summed E-state index contributed by atoms with van der Waals surface area (Å²) in [6.07, 6.45) is 1.91. The van der Waals surface area contributed by atoms with Crippen molar-refractivity contribution in [2.45, 2.75) is 12.5 Å². The summed E-state index contributed by atoms with van der Waals surface area (Å²) >= 11 is 5.92. The number of hydrogen-bond acceptors (Lipinski definition) is 7. The Morgan fingerprint density at radius 2 is 1.87 bits per heavy atom. The van der Waals surface area contributed by atoms with Crippen LogP contribution in [0.4, 0.5) is 11.4 Å². The van der Waals surface area contributed by atoms with Gasteiger partial charge in [0.05, 0.1) is 4.92 Å². The Balaban J connectivity index is 1.48. The molecule has 11 heteroatoms. The van der Waals surface area contributed by atoms with Gasteiger partial charge in [0.1, 0.15) is 18.1 Å². The molecule has 31 heavy (non-hydrogen) atoms. The summed E-state index contributed by atoms with van der Waals surface area (Å²) < 4.78 is 1.48. The van der Waals surface area contributed by atoms with Crippen molar-refractivity contribution in [1.29, 1.82) is 0 Å². The SMILES string of the molecule is O=C(C(Cc1ccccc1)n1cnnn1)N1CCN(c2ccc(Cl)cc2[N+](=O)[O-])CC1. The molecule has 2 aromatic carbocycles. The van der Waals surface area contributed by atoms with E-state index in [2.05, 4.69) is 15.5 Å². The van der Waals surface area contributed by atoms with Crippen molar-refractivity contribution >= 4 is 28.9 Å². The van der Waals surface area contributed by atoms with Gasteiger partial charge in [-0.2, -0.15) is 0 Å². The number of benzene rings is 2. The molecule has 1 aromatic heterocycles. The predicted molar refractivity (Wildman–Crippen MR) is 114 cm³/mol. The third kappa shape index (κ3) is 4.64. The first kappa shape index (κ1) is 20.7. The summed E-state index contributed by atoms with van der Waals surface area (Å²) in [4.78, 5) is 28.0. The number of halogens is 1. The van der Waals surface area contributed by atoms with E-state index in [4.69, 9.17) is 11.6 Å². The number of carbonyl (C=O) groups excluding carboxylic acids is 1. The number of rotatable bonds is 6. The second kappa shape index (κ2) is 9.09. The number of nitro groups is 1. The van der Waals surface area contributed by atoms with Crippen LogP contribution in [0, 0.1) is 10.1 Å². The normalized spacial score (nSPS) is 15.0. The summed E-state index contributed by atoms with van der Waals surface area (Å²) in [5.74, 6) is -0.0820. The minimum atomic E-state index is -0.561. The number of anilines is 1. The van der Waals surface area contributed by atoms with Crippen LogP contribution in [0.3, 0.4) is 0 Å². The Bertz CT molecular complexity index is 1050. The molecule has 0 spiro atoms. The molecule has 2 heterocycles. The summed E-state index contributed by atoms with van der Waals surface area (Å²) in [5, 5.41) is 23.0. The molecule has 10 nitrogen and oxygen atoms in total. The fourth-order valence-electron chi connectivity index (χ4n) is 3.73. The Labute approximate surface area is 183 Å². The molecule has 0 bridgehead atoms. The maximum Gasteiger partial charge on any atom is 0.294 e. The van der Waals surface area contributed by atoms with E-state index >= 15 is 0 Å². The maximum absolute atomic E-state index is 13.3. The van der Waals surface area contributed by atoms with Crippen LogP contribution >= 0.6 is 11.6 Å². The number of hydrogen-bond donors (Lipinski definition) is 0. The lowest BCUT2D eigenvalue weighted by Crippen LogP contribution is -2.51. The van der Waals surface area contributed by atoms with Crippen LogP contribution < -0.4 is 4.90 Å². The van der Waals surface area contributed by atoms with E-state index in [1.165, 1.54) is 17.1 Å². The second-order valence-corrected chi connectivity index (χ2v) is 7.63. The average Bonchev–Trinajstić information content (AvgIpc) is 3.32. The van der Waals surface area contributed by atoms with E-state index in [0.29, 0.717) is 43.3 Å². The van der Waals surface area contributed by atoms with Gasteiger partial charge in [0.25, 0.3) is 5.69 Å². The summed E-state index contributed by atoms with van der Waals surface area (Å²) in [7, 11) is 0. The van der Waals surface area contributed by atoms with Gasteiger partial charge in [-0.1, -0.05) is 41.9 Å². The standard InChI is InChI=1S/C20H20ClN7O3/c21-16-6-7-17(18(13-16)28(30)31)25-8-10-26(11-9-25)20(29)19(27-14-22-23-24-27)12-15-4-2-1-3-5-15/h1-7,13-14,19H,8-12H2. The second-order valence-electron chi connectivity index (χ2n) is 7.20. The molecule has 1 aliphatic heterocycles. The zero-order valence-electron chi connectivity index (χ0n) is 16.5. The number of carbonyl (C=O) groups is 1. The van der Waals surface area contributed by atoms with Crippen molar-refractivity contribution in [3.8, 4) is 0 Å². The molecule has 1 atom stereocenters. The van der Waals surface area contributed by atoms with Gasteiger partial charge in [-0.15, -0.1) is 5.10 Å². The number of nitro benzene ring substituents is 1. The third-order valence-electron chi connectivity index (χ3n) is 5.31. The Morgan fingerprint density at radius 1 is 1.13 bits per heavy atom. The number of amides is 1. The number of nitrogens with zero attached hydrogens (tertiary/aromatic N) is 7. The van der Waals surface area contributed by atoms with E-state index in [-0.39, 0.29) is 11.6 Å². The van der Waals surface area contributed by atoms with Gasteiger partial charge in [-0.25, -0.2) is 4.68 Å². The van der Waals surface area contributed by atoms with Crippen LogP contribution in [-0.4, -0.2) is 62.1 Å². The van der Waals surface area contributed by atoms with Gasteiger partial charge in [0, 0.05) is 43.7 Å². The van der Waals surface area contributed by atoms with Crippen LogP contribution in [0.25, 0.3) is 0 Å². The smallest absolute Gasteiger partial charge is 0.294 e. The summed E-state index contributed by atoms with van der Waals surface area (Å²) in [6.45, 7) is 1.82. The van der Waals surface area contributed by atoms with Crippen LogP contribution in [0.5, 0.6) is 0 Å². The van der Waals surface area contributed by atoms with Crippen LogP contribution in [0.1, 0.15) is 11.6 Å². The van der Waals surface area contributed by atoms with E-state index in [0.717, 1.165) is 5.56 Å². The van der Waals surface area contributed by atoms with Crippen LogP contribution in [-0.2, 0) is 11.2 Å². The number of piperazine rings is 1. The van der Waals surface area contributed by atoms with E-state index < -0.39 is 11.0 Å². The molecule has 0 N–H and O–H groups in total. The first-order chi connectivity index (χ1) is 15.0. The quantitative estimate of drug-likeness (QED) is 0.426. The molecule has 0 aliphatic carbocycles. The van der Waals surface area contributed by atoms with Gasteiger partial charge in [0.15, 0.2) is 0 Å². The highest BCUT2D eigenvalue weighted by molar-refractivity contribution is 6.30. The predicted octanol–water partition coefficient (Wildman–Crippen LogP) is 2.37. The summed E-state index contributed by atoms with van der Waals surface area (Å²) in [5.41, 5.74) is 1.47. The average molecular weight is 442 g/mol. The Hall–Kier alpha value is -3.53. The fourth-order valence-corrected chi connectivity index (χ4v) is 3.90. The van der Waals surface area contributed by atoms with Crippen molar-refractivity contribution in [3.63, 3.8) is 0 Å². The lowest BCUT2D eigenvalue weighted by molar-refractivity contribution is -0.384. The van der Waals surface area contributed by atoms with Crippen molar-refractivity contribution in [1.82, 2.24) is 25.1 Å². The Morgan fingerprint density at radius 3 is 2.52 bits per heavy atom. The summed E-state index contributed by atoms with van der Waals surface area (Å²) in [6, 6.07) is 13.8. The topological polar surface area (TPSA) is 110 Å². The highest BCUT2D eigenvalue weighted by Gasteiger charge is 2.31. The molecule has 160 valence electrons. The van der Waals surface area contributed by atoms with Gasteiger partial charge in [0.2, 0.25) is 5.91 Å². The van der Waals surface area contributed by atoms with Gasteiger partial charge in [-0.05, 0) is 28.1 Å². The van der Waals surface area contributed by atoms with Crippen LogP contribution in [0.15, 0.2) is 54.9 Å². The minimum Gasteiger partial charge on any atom is -0.362 e. The van der Waals surface area contributed by atoms with Crippen molar-refractivity contribution < 1.29 is 9.72 Å². The molecule has 1 aliphatic rings. The highest BCUT2D eigenvalue weighted by Crippen LogP contribution is 2.32. The molecule has 0 radical (unpaired) electrons.